The summed E-state index contributed by atoms with van der Waals surface area (Å²) in [4.78, 5) is 19.4. The van der Waals surface area contributed by atoms with Crippen LogP contribution in [0, 0.1) is 0 Å². The Hall–Kier alpha value is -2.18. The highest BCUT2D eigenvalue weighted by Crippen LogP contribution is 2.30. The maximum atomic E-state index is 12.8. The fourth-order valence-corrected chi connectivity index (χ4v) is 4.50. The predicted molar refractivity (Wildman–Crippen MR) is 93.9 cm³/mol. The van der Waals surface area contributed by atoms with Gasteiger partial charge in [0.1, 0.15) is 10.3 Å². The van der Waals surface area contributed by atoms with Crippen molar-refractivity contribution in [2.24, 2.45) is 5.84 Å². The van der Waals surface area contributed by atoms with Crippen LogP contribution in [0.3, 0.4) is 0 Å². The van der Waals surface area contributed by atoms with Gasteiger partial charge >= 0.3 is 0 Å². The Balaban J connectivity index is 1.92. The second-order valence-corrected chi connectivity index (χ2v) is 6.93. The summed E-state index contributed by atoms with van der Waals surface area (Å²) in [5, 5.41) is 0. The van der Waals surface area contributed by atoms with E-state index < -0.39 is 0 Å². The fourth-order valence-electron chi connectivity index (χ4n) is 3.20. The van der Waals surface area contributed by atoms with E-state index in [9.17, 15) is 4.79 Å². The highest BCUT2D eigenvalue weighted by atomic mass is 32.1. The summed E-state index contributed by atoms with van der Waals surface area (Å²) in [7, 11) is 0. The van der Waals surface area contributed by atoms with E-state index >= 15 is 0 Å². The quantitative estimate of drug-likeness (QED) is 0.573. The van der Waals surface area contributed by atoms with Gasteiger partial charge in [-0.2, -0.15) is 0 Å². The van der Waals surface area contributed by atoms with Crippen LogP contribution >= 0.6 is 11.3 Å². The molecule has 0 spiro atoms. The highest BCUT2D eigenvalue weighted by Gasteiger charge is 2.21. The van der Waals surface area contributed by atoms with Crippen LogP contribution < -0.4 is 16.7 Å². The van der Waals surface area contributed by atoms with E-state index in [0.717, 1.165) is 41.6 Å². The molecule has 0 radical (unpaired) electrons. The number of anilines is 1. The van der Waals surface area contributed by atoms with Gasteiger partial charge in [0, 0.05) is 10.4 Å². The topological polar surface area (TPSA) is 72.9 Å². The number of imidazole rings is 1. The molecule has 1 aliphatic rings. The van der Waals surface area contributed by atoms with Crippen LogP contribution in [0.5, 0.6) is 0 Å². The van der Waals surface area contributed by atoms with Gasteiger partial charge in [0.2, 0.25) is 11.4 Å². The summed E-state index contributed by atoms with van der Waals surface area (Å²) in [6.45, 7) is 0.644. The first-order chi connectivity index (χ1) is 11.3. The number of fused-ring (bicyclic) bond motifs is 2. The minimum absolute atomic E-state index is 0.0803. The monoisotopic (exact) mass is 326 g/mol. The molecule has 0 fully saturated rings. The van der Waals surface area contributed by atoms with Crippen LogP contribution in [0.1, 0.15) is 28.8 Å². The van der Waals surface area contributed by atoms with Gasteiger partial charge in [0.05, 0.1) is 6.54 Å². The second kappa shape index (κ2) is 5.79. The number of aromatic nitrogens is 2. The van der Waals surface area contributed by atoms with Crippen molar-refractivity contribution in [1.29, 1.82) is 0 Å². The van der Waals surface area contributed by atoms with Gasteiger partial charge in [-0.1, -0.05) is 30.3 Å². The number of nitrogen functional groups attached to an aromatic ring is 1. The first kappa shape index (κ1) is 14.4. The van der Waals surface area contributed by atoms with Gasteiger partial charge in [-0.05, 0) is 31.2 Å². The van der Waals surface area contributed by atoms with Crippen LogP contribution in [0.2, 0.25) is 0 Å². The third-order valence-electron chi connectivity index (χ3n) is 4.36. The third kappa shape index (κ3) is 2.44. The Morgan fingerprint density at radius 2 is 2.00 bits per heavy atom. The van der Waals surface area contributed by atoms with Crippen molar-refractivity contribution in [3.63, 3.8) is 0 Å². The van der Waals surface area contributed by atoms with Crippen LogP contribution in [0.4, 0.5) is 5.95 Å². The molecule has 5 nitrogen and oxygen atoms in total. The summed E-state index contributed by atoms with van der Waals surface area (Å²) in [5.74, 6) is 6.18. The molecule has 0 bridgehead atoms. The van der Waals surface area contributed by atoms with Crippen molar-refractivity contribution < 1.29 is 0 Å². The molecule has 4 rings (SSSR count). The van der Waals surface area contributed by atoms with E-state index in [1.165, 1.54) is 4.88 Å². The Morgan fingerprint density at radius 1 is 1.22 bits per heavy atom. The normalized spacial score (nSPS) is 14.0. The van der Waals surface area contributed by atoms with E-state index in [4.69, 9.17) is 5.84 Å². The fraction of sp³-hybridized carbons (Fsp3) is 0.294. The molecule has 3 N–H and O–H groups in total. The molecule has 2 heterocycles. The van der Waals surface area contributed by atoms with Crippen molar-refractivity contribution in [3.05, 3.63) is 56.6 Å². The molecule has 0 atom stereocenters. The summed E-state index contributed by atoms with van der Waals surface area (Å²) >= 11 is 1.69. The van der Waals surface area contributed by atoms with E-state index in [0.29, 0.717) is 18.0 Å². The summed E-state index contributed by atoms with van der Waals surface area (Å²) in [6, 6.07) is 10.1. The number of nitrogens with zero attached hydrogens (tertiary/aromatic N) is 2. The molecule has 0 aliphatic heterocycles. The number of hydrogen-bond donors (Lipinski definition) is 2. The molecule has 23 heavy (non-hydrogen) atoms. The maximum absolute atomic E-state index is 12.8. The zero-order valence-electron chi connectivity index (χ0n) is 12.7. The molecule has 3 aromatic rings. The number of hydrogen-bond acceptors (Lipinski definition) is 5. The van der Waals surface area contributed by atoms with Crippen LogP contribution in [0.15, 0.2) is 35.1 Å². The molecular weight excluding hydrogens is 308 g/mol. The molecule has 6 heteroatoms. The number of nitrogens with one attached hydrogen (secondary N) is 1. The average Bonchev–Trinajstić information content (AvgIpc) is 2.94. The standard InChI is InChI=1S/C17H18N4OS/c18-20-17-19-14-15(22)12-8-4-5-9-13(12)23-16(14)21(17)10-11-6-2-1-3-7-11/h1-3,6-7H,4-5,8-10,18H2,(H,19,20). The number of rotatable bonds is 3. The lowest BCUT2D eigenvalue weighted by Gasteiger charge is -2.14. The number of nitrogens with two attached hydrogens (primary N) is 1. The molecule has 0 saturated carbocycles. The van der Waals surface area contributed by atoms with Gasteiger partial charge in [0.15, 0.2) is 0 Å². The van der Waals surface area contributed by atoms with Crippen LogP contribution in [-0.2, 0) is 19.4 Å². The van der Waals surface area contributed by atoms with Crippen LogP contribution in [-0.4, -0.2) is 9.55 Å². The minimum atomic E-state index is 0.0803. The van der Waals surface area contributed by atoms with Gasteiger partial charge in [-0.15, -0.1) is 11.3 Å². The molecule has 0 amide bonds. The van der Waals surface area contributed by atoms with Gasteiger partial charge in [0.25, 0.3) is 0 Å². The molecular formula is C17H18N4OS. The molecule has 118 valence electrons. The molecule has 1 aliphatic carbocycles. The number of hydrazine groups is 1. The van der Waals surface area contributed by atoms with Crippen molar-refractivity contribution in [2.75, 3.05) is 5.43 Å². The van der Waals surface area contributed by atoms with Gasteiger partial charge in [-0.25, -0.2) is 10.8 Å². The Labute approximate surface area is 137 Å². The first-order valence-corrected chi connectivity index (χ1v) is 8.65. The van der Waals surface area contributed by atoms with Crippen molar-refractivity contribution in [2.45, 2.75) is 32.2 Å². The zero-order chi connectivity index (χ0) is 15.8. The number of benzene rings is 1. The Kier molecular flexibility index (Phi) is 3.63. The minimum Gasteiger partial charge on any atom is -0.296 e. The lowest BCUT2D eigenvalue weighted by molar-refractivity contribution is 0.692. The lowest BCUT2D eigenvalue weighted by atomic mass is 9.98. The van der Waals surface area contributed by atoms with Crippen molar-refractivity contribution >= 4 is 27.6 Å². The van der Waals surface area contributed by atoms with E-state index in [1.807, 2.05) is 22.8 Å². The molecule has 0 saturated heterocycles. The Bertz CT molecular complexity index is 914. The van der Waals surface area contributed by atoms with Gasteiger partial charge in [-0.3, -0.25) is 14.8 Å². The smallest absolute Gasteiger partial charge is 0.219 e. The van der Waals surface area contributed by atoms with Crippen molar-refractivity contribution in [1.82, 2.24) is 9.55 Å². The summed E-state index contributed by atoms with van der Waals surface area (Å²) in [6.07, 6.45) is 4.11. The lowest BCUT2D eigenvalue weighted by Crippen LogP contribution is -2.15. The summed E-state index contributed by atoms with van der Waals surface area (Å²) in [5.41, 5.74) is 5.38. The largest absolute Gasteiger partial charge is 0.296 e. The molecule has 1 aromatic carbocycles. The second-order valence-electron chi connectivity index (χ2n) is 5.85. The van der Waals surface area contributed by atoms with Crippen LogP contribution in [0.25, 0.3) is 10.3 Å². The number of aryl methyl sites for hydroxylation is 1. The predicted octanol–water partition coefficient (Wildman–Crippen LogP) is 2.67. The highest BCUT2D eigenvalue weighted by molar-refractivity contribution is 7.18. The van der Waals surface area contributed by atoms with E-state index in [-0.39, 0.29) is 5.43 Å². The zero-order valence-corrected chi connectivity index (χ0v) is 13.5. The third-order valence-corrected chi connectivity index (χ3v) is 5.66. The van der Waals surface area contributed by atoms with E-state index in [2.05, 4.69) is 22.5 Å². The van der Waals surface area contributed by atoms with Crippen molar-refractivity contribution in [3.8, 4) is 0 Å². The Morgan fingerprint density at radius 3 is 2.78 bits per heavy atom. The maximum Gasteiger partial charge on any atom is 0.219 e. The first-order valence-electron chi connectivity index (χ1n) is 7.83. The SMILES string of the molecule is NNc1nc2c(=O)c3c(sc2n1Cc1ccccc1)CCCC3. The summed E-state index contributed by atoms with van der Waals surface area (Å²) < 4.78 is 2.01. The van der Waals surface area contributed by atoms with E-state index in [1.54, 1.807) is 11.3 Å². The average molecular weight is 326 g/mol. The van der Waals surface area contributed by atoms with Gasteiger partial charge < -0.3 is 0 Å². The molecule has 0 unspecified atom stereocenters. The molecule has 2 aromatic heterocycles.